The van der Waals surface area contributed by atoms with Gasteiger partial charge in [0.25, 0.3) is 0 Å². The highest BCUT2D eigenvalue weighted by Crippen LogP contribution is 2.26. The molecule has 5 heteroatoms. The normalized spacial score (nSPS) is 11.3. The van der Waals surface area contributed by atoms with Crippen molar-refractivity contribution in [2.45, 2.75) is 6.42 Å². The lowest BCUT2D eigenvalue weighted by molar-refractivity contribution is -0.136. The molecule has 0 unspecified atom stereocenters. The average molecular weight is 308 g/mol. The van der Waals surface area contributed by atoms with Gasteiger partial charge in [-0.25, -0.2) is 4.98 Å². The number of fused-ring (bicyclic) bond motifs is 2. The predicted molar refractivity (Wildman–Crippen MR) is 87.4 cm³/mol. The van der Waals surface area contributed by atoms with Crippen molar-refractivity contribution in [3.8, 4) is 11.3 Å². The van der Waals surface area contributed by atoms with Crippen LogP contribution in [0.1, 0.15) is 5.69 Å². The van der Waals surface area contributed by atoms with Gasteiger partial charge in [-0.3, -0.25) is 9.20 Å². The number of aromatic nitrogens is 2. The predicted octanol–water partition coefficient (Wildman–Crippen LogP) is 3.84. The highest BCUT2D eigenvalue weighted by atomic mass is 32.1. The number of carboxylic acid groups (broad SMARTS) is 1. The Balaban J connectivity index is 1.82. The van der Waals surface area contributed by atoms with Crippen LogP contribution in [-0.2, 0) is 11.2 Å². The van der Waals surface area contributed by atoms with Crippen molar-refractivity contribution < 1.29 is 9.90 Å². The third kappa shape index (κ3) is 2.16. The van der Waals surface area contributed by atoms with E-state index in [1.807, 2.05) is 34.2 Å². The van der Waals surface area contributed by atoms with Crippen molar-refractivity contribution in [3.05, 3.63) is 59.7 Å². The molecule has 0 saturated heterocycles. The minimum absolute atomic E-state index is 0.00746. The lowest BCUT2D eigenvalue weighted by atomic mass is 10.1. The first-order valence-electron chi connectivity index (χ1n) is 6.87. The van der Waals surface area contributed by atoms with Crippen LogP contribution in [0.4, 0.5) is 0 Å². The topological polar surface area (TPSA) is 54.6 Å². The van der Waals surface area contributed by atoms with Gasteiger partial charge < -0.3 is 5.11 Å². The Hall–Kier alpha value is -2.66. The number of carboxylic acids is 1. The minimum atomic E-state index is -0.833. The summed E-state index contributed by atoms with van der Waals surface area (Å²) in [7, 11) is 0. The van der Waals surface area contributed by atoms with E-state index in [-0.39, 0.29) is 6.42 Å². The number of aliphatic carboxylic acids is 1. The zero-order valence-electron chi connectivity index (χ0n) is 11.6. The molecular weight excluding hydrogens is 296 g/mol. The monoisotopic (exact) mass is 308 g/mol. The van der Waals surface area contributed by atoms with Crippen molar-refractivity contribution >= 4 is 33.0 Å². The van der Waals surface area contributed by atoms with Gasteiger partial charge in [0, 0.05) is 22.8 Å². The van der Waals surface area contributed by atoms with Crippen molar-refractivity contribution in [1.82, 2.24) is 9.38 Å². The van der Waals surface area contributed by atoms with E-state index < -0.39 is 5.97 Å². The first kappa shape index (κ1) is 13.0. The Labute approximate surface area is 130 Å². The van der Waals surface area contributed by atoms with Crippen LogP contribution in [0.3, 0.4) is 0 Å². The molecule has 1 N–H and O–H groups in total. The van der Waals surface area contributed by atoms with E-state index in [4.69, 9.17) is 5.11 Å². The smallest absolute Gasteiger partial charge is 0.309 e. The Morgan fingerprint density at radius 3 is 2.82 bits per heavy atom. The zero-order valence-corrected chi connectivity index (χ0v) is 12.4. The molecule has 108 valence electrons. The summed E-state index contributed by atoms with van der Waals surface area (Å²) in [6.07, 6.45) is 1.92. The second kappa shape index (κ2) is 4.96. The molecule has 0 saturated carbocycles. The van der Waals surface area contributed by atoms with Gasteiger partial charge in [-0.15, -0.1) is 11.3 Å². The molecular formula is C17H12N2O2S. The zero-order chi connectivity index (χ0) is 15.1. The molecule has 2 heterocycles. The van der Waals surface area contributed by atoms with E-state index in [0.29, 0.717) is 0 Å². The Morgan fingerprint density at radius 2 is 2.00 bits per heavy atom. The second-order valence-electron chi connectivity index (χ2n) is 5.14. The van der Waals surface area contributed by atoms with Gasteiger partial charge in [-0.2, -0.15) is 0 Å². The Morgan fingerprint density at radius 1 is 1.18 bits per heavy atom. The summed E-state index contributed by atoms with van der Waals surface area (Å²) in [5.74, 6) is -0.833. The van der Waals surface area contributed by atoms with Gasteiger partial charge in [0.15, 0.2) is 4.96 Å². The van der Waals surface area contributed by atoms with E-state index >= 15 is 0 Å². The van der Waals surface area contributed by atoms with Crippen LogP contribution in [-0.4, -0.2) is 20.5 Å². The molecule has 0 radical (unpaired) electrons. The number of hydrogen-bond acceptors (Lipinski definition) is 3. The third-order valence-corrected chi connectivity index (χ3v) is 4.55. The molecule has 2 aromatic heterocycles. The SMILES string of the molecule is O=C(O)Cc1csc2nc(-c3ccc4ccccc4c3)cn12. The molecule has 0 atom stereocenters. The summed E-state index contributed by atoms with van der Waals surface area (Å²) < 4.78 is 1.86. The van der Waals surface area contributed by atoms with Gasteiger partial charge >= 0.3 is 5.97 Å². The fourth-order valence-corrected chi connectivity index (χ4v) is 3.47. The quantitative estimate of drug-likeness (QED) is 0.625. The number of hydrogen-bond donors (Lipinski definition) is 1. The van der Waals surface area contributed by atoms with Crippen LogP contribution in [0.15, 0.2) is 54.0 Å². The van der Waals surface area contributed by atoms with Crippen LogP contribution in [0.5, 0.6) is 0 Å². The maximum absolute atomic E-state index is 10.9. The van der Waals surface area contributed by atoms with Crippen LogP contribution in [0.2, 0.25) is 0 Å². The Bertz CT molecular complexity index is 1000. The number of carbonyl (C=O) groups is 1. The molecule has 0 spiro atoms. The molecule has 0 aliphatic heterocycles. The molecule has 0 amide bonds. The van der Waals surface area contributed by atoms with Crippen LogP contribution in [0, 0.1) is 0 Å². The van der Waals surface area contributed by atoms with Gasteiger partial charge in [0.05, 0.1) is 12.1 Å². The lowest BCUT2D eigenvalue weighted by Crippen LogP contribution is -2.02. The fourth-order valence-electron chi connectivity index (χ4n) is 2.60. The second-order valence-corrected chi connectivity index (χ2v) is 5.97. The highest BCUT2D eigenvalue weighted by Gasteiger charge is 2.12. The summed E-state index contributed by atoms with van der Waals surface area (Å²) in [6, 6.07) is 14.4. The molecule has 0 aliphatic carbocycles. The van der Waals surface area contributed by atoms with Crippen molar-refractivity contribution in [3.63, 3.8) is 0 Å². The van der Waals surface area contributed by atoms with Crippen LogP contribution >= 0.6 is 11.3 Å². The van der Waals surface area contributed by atoms with Crippen LogP contribution < -0.4 is 0 Å². The van der Waals surface area contributed by atoms with Crippen molar-refractivity contribution in [2.24, 2.45) is 0 Å². The minimum Gasteiger partial charge on any atom is -0.481 e. The molecule has 2 aromatic carbocycles. The number of rotatable bonds is 3. The summed E-state index contributed by atoms with van der Waals surface area (Å²) in [6.45, 7) is 0. The summed E-state index contributed by atoms with van der Waals surface area (Å²) in [5, 5.41) is 13.2. The molecule has 4 nitrogen and oxygen atoms in total. The van der Waals surface area contributed by atoms with E-state index in [1.54, 1.807) is 0 Å². The first-order chi connectivity index (χ1) is 10.7. The summed E-state index contributed by atoms with van der Waals surface area (Å²) >= 11 is 1.46. The number of imidazole rings is 1. The van der Waals surface area contributed by atoms with Gasteiger partial charge in [-0.05, 0) is 16.8 Å². The number of nitrogens with zero attached hydrogens (tertiary/aromatic N) is 2. The average Bonchev–Trinajstić information content (AvgIpc) is 3.08. The summed E-state index contributed by atoms with van der Waals surface area (Å²) in [5.41, 5.74) is 2.66. The lowest BCUT2D eigenvalue weighted by Gasteiger charge is -2.00. The molecule has 0 bridgehead atoms. The Kier molecular flexibility index (Phi) is 2.94. The van der Waals surface area contributed by atoms with Gasteiger partial charge in [-0.1, -0.05) is 36.4 Å². The van der Waals surface area contributed by atoms with Gasteiger partial charge in [0.2, 0.25) is 0 Å². The molecule has 0 fully saturated rings. The van der Waals surface area contributed by atoms with E-state index in [0.717, 1.165) is 21.9 Å². The van der Waals surface area contributed by atoms with Crippen molar-refractivity contribution in [1.29, 1.82) is 0 Å². The largest absolute Gasteiger partial charge is 0.481 e. The maximum Gasteiger partial charge on any atom is 0.309 e. The van der Waals surface area contributed by atoms with Crippen molar-refractivity contribution in [2.75, 3.05) is 0 Å². The number of benzene rings is 2. The van der Waals surface area contributed by atoms with E-state index in [9.17, 15) is 4.79 Å². The van der Waals surface area contributed by atoms with E-state index in [2.05, 4.69) is 29.2 Å². The van der Waals surface area contributed by atoms with Gasteiger partial charge in [0.1, 0.15) is 0 Å². The standard InChI is InChI=1S/C17H12N2O2S/c20-16(21)8-14-10-22-17-18-15(9-19(14)17)13-6-5-11-3-1-2-4-12(11)7-13/h1-7,9-10H,8H2,(H,20,21). The van der Waals surface area contributed by atoms with Crippen LogP contribution in [0.25, 0.3) is 27.0 Å². The first-order valence-corrected chi connectivity index (χ1v) is 7.75. The third-order valence-electron chi connectivity index (χ3n) is 3.66. The molecule has 0 aliphatic rings. The van der Waals surface area contributed by atoms with E-state index in [1.165, 1.54) is 22.1 Å². The molecule has 22 heavy (non-hydrogen) atoms. The molecule has 4 rings (SSSR count). The summed E-state index contributed by atoms with van der Waals surface area (Å²) in [4.78, 5) is 16.3. The number of thiazole rings is 1. The molecule has 4 aromatic rings. The maximum atomic E-state index is 10.9. The highest BCUT2D eigenvalue weighted by molar-refractivity contribution is 7.15. The fraction of sp³-hybridized carbons (Fsp3) is 0.0588.